The molecule has 0 spiro atoms. The van der Waals surface area contributed by atoms with Crippen LogP contribution in [0.5, 0.6) is 0 Å². The molecule has 5 nitrogen and oxygen atoms in total. The van der Waals surface area contributed by atoms with Gasteiger partial charge in [0.1, 0.15) is 0 Å². The van der Waals surface area contributed by atoms with E-state index in [0.29, 0.717) is 18.1 Å². The second-order valence-electron chi connectivity index (χ2n) is 7.86. The zero-order valence-electron chi connectivity index (χ0n) is 15.0. The molecule has 3 heterocycles. The third-order valence-electron chi connectivity index (χ3n) is 5.87. The lowest BCUT2D eigenvalue weighted by Gasteiger charge is -2.30. The van der Waals surface area contributed by atoms with Crippen LogP contribution in [0.3, 0.4) is 0 Å². The molecule has 3 N–H and O–H groups in total. The molecular weight excluding hydrogens is 312 g/mol. The van der Waals surface area contributed by atoms with Crippen LogP contribution in [0.15, 0.2) is 24.3 Å². The van der Waals surface area contributed by atoms with Crippen molar-refractivity contribution in [3.8, 4) is 0 Å². The Hall–Kier alpha value is -1.75. The summed E-state index contributed by atoms with van der Waals surface area (Å²) in [5.41, 5.74) is 2.03. The Morgan fingerprint density at radius 2 is 1.52 bits per heavy atom. The average Bonchev–Trinajstić information content (AvgIpc) is 2.82. The van der Waals surface area contributed by atoms with Gasteiger partial charge in [-0.3, -0.25) is 0 Å². The largest absolute Gasteiger partial charge is 0.382 e. The Kier molecular flexibility index (Phi) is 5.11. The topological polar surface area (TPSA) is 56.4 Å². The number of anilines is 2. The lowest BCUT2D eigenvalue weighted by molar-refractivity contribution is 0.214. The number of hydrogen-bond acceptors (Lipinski definition) is 3. The molecule has 2 atom stereocenters. The van der Waals surface area contributed by atoms with Gasteiger partial charge in [0.25, 0.3) is 0 Å². The molecule has 1 aromatic carbocycles. The van der Waals surface area contributed by atoms with Gasteiger partial charge in [0, 0.05) is 42.6 Å². The van der Waals surface area contributed by atoms with Crippen molar-refractivity contribution in [2.24, 2.45) is 0 Å². The highest BCUT2D eigenvalue weighted by Crippen LogP contribution is 2.29. The van der Waals surface area contributed by atoms with Gasteiger partial charge in [0.2, 0.25) is 0 Å². The van der Waals surface area contributed by atoms with Crippen LogP contribution in [0.4, 0.5) is 16.2 Å². The summed E-state index contributed by atoms with van der Waals surface area (Å²) in [6.45, 7) is 1.76. The van der Waals surface area contributed by atoms with E-state index < -0.39 is 0 Å². The Balaban J connectivity index is 1.30. The number of likely N-dealkylation sites (tertiary alicyclic amines) is 1. The van der Waals surface area contributed by atoms with Crippen molar-refractivity contribution in [3.05, 3.63) is 24.3 Å². The maximum absolute atomic E-state index is 12.4. The number of hydrogen-bond donors (Lipinski definition) is 3. The van der Waals surface area contributed by atoms with Crippen LogP contribution in [0.1, 0.15) is 51.4 Å². The van der Waals surface area contributed by atoms with Gasteiger partial charge < -0.3 is 20.9 Å². The second-order valence-corrected chi connectivity index (χ2v) is 7.86. The number of benzene rings is 1. The van der Waals surface area contributed by atoms with Crippen molar-refractivity contribution in [3.63, 3.8) is 0 Å². The normalized spacial score (nSPS) is 29.1. The number of fused-ring (bicyclic) bond motifs is 2. The smallest absolute Gasteiger partial charge is 0.321 e. The molecule has 136 valence electrons. The first-order chi connectivity index (χ1) is 12.3. The minimum absolute atomic E-state index is 0.0394. The van der Waals surface area contributed by atoms with Crippen LogP contribution in [0, 0.1) is 0 Å². The third kappa shape index (κ3) is 4.27. The molecule has 3 saturated heterocycles. The molecule has 0 radical (unpaired) electrons. The summed E-state index contributed by atoms with van der Waals surface area (Å²) in [6.07, 6.45) is 9.79. The predicted octanol–water partition coefficient (Wildman–Crippen LogP) is 3.79. The molecule has 3 aliphatic rings. The maximum atomic E-state index is 12.4. The van der Waals surface area contributed by atoms with Gasteiger partial charge in [-0.2, -0.15) is 0 Å². The molecule has 25 heavy (non-hydrogen) atoms. The zero-order valence-corrected chi connectivity index (χ0v) is 15.0. The molecule has 3 aliphatic heterocycles. The molecule has 0 aliphatic carbocycles. The first-order valence-corrected chi connectivity index (χ1v) is 9.95. The Labute approximate surface area is 150 Å². The van der Waals surface area contributed by atoms with Crippen molar-refractivity contribution in [2.45, 2.75) is 69.5 Å². The zero-order chi connectivity index (χ0) is 17.1. The first-order valence-electron chi connectivity index (χ1n) is 9.95. The minimum atomic E-state index is 0.0394. The highest BCUT2D eigenvalue weighted by Gasteiger charge is 2.33. The van der Waals surface area contributed by atoms with Gasteiger partial charge >= 0.3 is 6.03 Å². The second kappa shape index (κ2) is 7.65. The molecule has 0 aromatic heterocycles. The SMILES string of the molecule is O=C(Nc1ccc(NC2CC3CCC(C2)N3)cc1)N1CCCCCC1. The van der Waals surface area contributed by atoms with Gasteiger partial charge in [0.15, 0.2) is 0 Å². The number of rotatable bonds is 3. The summed E-state index contributed by atoms with van der Waals surface area (Å²) in [7, 11) is 0. The Morgan fingerprint density at radius 3 is 2.16 bits per heavy atom. The van der Waals surface area contributed by atoms with Crippen LogP contribution in [-0.4, -0.2) is 42.1 Å². The Morgan fingerprint density at radius 1 is 0.920 bits per heavy atom. The van der Waals surface area contributed by atoms with Crippen LogP contribution in [-0.2, 0) is 0 Å². The van der Waals surface area contributed by atoms with Gasteiger partial charge in [-0.05, 0) is 62.8 Å². The van der Waals surface area contributed by atoms with Crippen molar-refractivity contribution in [1.82, 2.24) is 10.2 Å². The summed E-state index contributed by atoms with van der Waals surface area (Å²) in [5, 5.41) is 10.4. The van der Waals surface area contributed by atoms with Gasteiger partial charge in [-0.15, -0.1) is 0 Å². The minimum Gasteiger partial charge on any atom is -0.382 e. The fourth-order valence-electron chi connectivity index (χ4n) is 4.54. The highest BCUT2D eigenvalue weighted by atomic mass is 16.2. The quantitative estimate of drug-likeness (QED) is 0.783. The fraction of sp³-hybridized carbons (Fsp3) is 0.650. The van der Waals surface area contributed by atoms with E-state index in [9.17, 15) is 4.79 Å². The molecule has 4 rings (SSSR count). The van der Waals surface area contributed by atoms with Crippen molar-refractivity contribution < 1.29 is 4.79 Å². The molecular formula is C20H30N4O. The molecule has 2 amide bonds. The van der Waals surface area contributed by atoms with Crippen molar-refractivity contribution >= 4 is 17.4 Å². The number of carbonyl (C=O) groups excluding carboxylic acids is 1. The standard InChI is InChI=1S/C20H30N4O/c25-20(24-11-3-1-2-4-12-24)23-16-7-5-15(6-8-16)21-19-13-17-9-10-18(14-19)22-17/h5-8,17-19,21-22H,1-4,9-14H2,(H,23,25). The van der Waals surface area contributed by atoms with Gasteiger partial charge in [-0.25, -0.2) is 4.79 Å². The molecule has 2 bridgehead atoms. The van der Waals surface area contributed by atoms with Crippen LogP contribution in [0.25, 0.3) is 0 Å². The van der Waals surface area contributed by atoms with Crippen LogP contribution < -0.4 is 16.0 Å². The average molecular weight is 342 g/mol. The summed E-state index contributed by atoms with van der Waals surface area (Å²) in [6, 6.07) is 10.2. The van der Waals surface area contributed by atoms with Gasteiger partial charge in [-0.1, -0.05) is 12.8 Å². The lowest BCUT2D eigenvalue weighted by atomic mass is 9.99. The molecule has 3 fully saturated rings. The summed E-state index contributed by atoms with van der Waals surface area (Å²) in [4.78, 5) is 14.3. The van der Waals surface area contributed by atoms with E-state index in [-0.39, 0.29) is 6.03 Å². The summed E-state index contributed by atoms with van der Waals surface area (Å²) >= 11 is 0. The van der Waals surface area contributed by atoms with Crippen molar-refractivity contribution in [2.75, 3.05) is 23.7 Å². The monoisotopic (exact) mass is 342 g/mol. The molecule has 5 heteroatoms. The summed E-state index contributed by atoms with van der Waals surface area (Å²) < 4.78 is 0. The van der Waals surface area contributed by atoms with Crippen molar-refractivity contribution in [1.29, 1.82) is 0 Å². The van der Waals surface area contributed by atoms with E-state index in [4.69, 9.17) is 0 Å². The van der Waals surface area contributed by atoms with E-state index in [1.54, 1.807) is 0 Å². The third-order valence-corrected chi connectivity index (χ3v) is 5.87. The van der Waals surface area contributed by atoms with Gasteiger partial charge in [0.05, 0.1) is 0 Å². The van der Waals surface area contributed by atoms with E-state index >= 15 is 0 Å². The van der Waals surface area contributed by atoms with E-state index in [0.717, 1.165) is 37.3 Å². The number of urea groups is 1. The number of carbonyl (C=O) groups is 1. The number of piperidine rings is 1. The van der Waals surface area contributed by atoms with E-state index in [1.165, 1.54) is 38.5 Å². The first kappa shape index (κ1) is 16.7. The number of nitrogens with zero attached hydrogens (tertiary/aromatic N) is 1. The lowest BCUT2D eigenvalue weighted by Crippen LogP contribution is -2.43. The van der Waals surface area contributed by atoms with Crippen LogP contribution >= 0.6 is 0 Å². The molecule has 1 aromatic rings. The molecule has 0 saturated carbocycles. The maximum Gasteiger partial charge on any atom is 0.321 e. The van der Waals surface area contributed by atoms with E-state index in [2.05, 4.69) is 28.1 Å². The predicted molar refractivity (Wildman–Crippen MR) is 102 cm³/mol. The number of nitrogens with one attached hydrogen (secondary N) is 3. The number of amides is 2. The van der Waals surface area contributed by atoms with E-state index in [1.807, 2.05) is 17.0 Å². The van der Waals surface area contributed by atoms with Crippen LogP contribution in [0.2, 0.25) is 0 Å². The Bertz CT molecular complexity index is 568. The fourth-order valence-corrected chi connectivity index (χ4v) is 4.54. The highest BCUT2D eigenvalue weighted by molar-refractivity contribution is 5.89. The summed E-state index contributed by atoms with van der Waals surface area (Å²) in [5.74, 6) is 0. The molecule has 2 unspecified atom stereocenters.